The van der Waals surface area contributed by atoms with Gasteiger partial charge in [0.05, 0.1) is 29.1 Å². The lowest BCUT2D eigenvalue weighted by molar-refractivity contribution is -0.144. The first-order valence-electron chi connectivity index (χ1n) is 13.6. The average Bonchev–Trinajstić information content (AvgIpc) is 2.99. The van der Waals surface area contributed by atoms with Crippen LogP contribution in [0.1, 0.15) is 87.0 Å². The molecule has 0 radical (unpaired) electrons. The molecule has 0 bridgehead atoms. The van der Waals surface area contributed by atoms with Crippen LogP contribution < -0.4 is 0 Å². The van der Waals surface area contributed by atoms with Gasteiger partial charge in [-0.05, 0) is 67.1 Å². The van der Waals surface area contributed by atoms with Crippen molar-refractivity contribution in [2.75, 3.05) is 0 Å². The van der Waals surface area contributed by atoms with Crippen LogP contribution in [0.4, 0.5) is 0 Å². The third-order valence-corrected chi connectivity index (χ3v) is 11.0. The molecule has 2 unspecified atom stereocenters. The number of ketones is 3. The number of carboxylic acids is 1. The van der Waals surface area contributed by atoms with Crippen molar-refractivity contribution in [3.05, 3.63) is 22.8 Å². The van der Waals surface area contributed by atoms with Crippen LogP contribution in [-0.4, -0.2) is 61.6 Å². The molecule has 4 aliphatic rings. The lowest BCUT2D eigenvalue weighted by atomic mass is 9.42. The van der Waals surface area contributed by atoms with E-state index >= 15 is 0 Å². The Kier molecular flexibility index (Phi) is 6.58. The van der Waals surface area contributed by atoms with Crippen LogP contribution in [-0.2, 0) is 19.2 Å². The summed E-state index contributed by atoms with van der Waals surface area (Å²) in [6.45, 7) is 12.3. The molecule has 0 aromatic rings. The van der Waals surface area contributed by atoms with Gasteiger partial charge in [0.15, 0.2) is 11.6 Å². The molecule has 210 valence electrons. The van der Waals surface area contributed by atoms with Gasteiger partial charge < -0.3 is 20.4 Å². The van der Waals surface area contributed by atoms with Crippen molar-refractivity contribution in [2.45, 2.75) is 105 Å². The smallest absolute Gasteiger partial charge is 0.306 e. The Morgan fingerprint density at radius 2 is 1.74 bits per heavy atom. The zero-order valence-electron chi connectivity index (χ0n) is 23.6. The summed E-state index contributed by atoms with van der Waals surface area (Å²) < 4.78 is 0. The van der Waals surface area contributed by atoms with E-state index in [0.29, 0.717) is 30.4 Å². The van der Waals surface area contributed by atoms with Crippen molar-refractivity contribution in [1.82, 2.24) is 0 Å². The Bertz CT molecular complexity index is 1170. The highest BCUT2D eigenvalue weighted by atomic mass is 16.4. The minimum Gasteiger partial charge on any atom is -0.481 e. The molecular formula is C30H42O8. The number of rotatable bonds is 6. The molecule has 1 fully saturated rings. The zero-order chi connectivity index (χ0) is 28.8. The highest BCUT2D eigenvalue weighted by Crippen LogP contribution is 2.69. The van der Waals surface area contributed by atoms with E-state index in [1.54, 1.807) is 13.8 Å². The molecule has 0 aromatic heterocycles. The second-order valence-corrected chi connectivity index (χ2v) is 13.8. The fourth-order valence-electron chi connectivity index (χ4n) is 8.58. The fourth-order valence-corrected chi connectivity index (χ4v) is 8.58. The van der Waals surface area contributed by atoms with Gasteiger partial charge in [-0.2, -0.15) is 0 Å². The van der Waals surface area contributed by atoms with E-state index in [1.165, 1.54) is 19.9 Å². The van der Waals surface area contributed by atoms with E-state index in [2.05, 4.69) is 0 Å². The summed E-state index contributed by atoms with van der Waals surface area (Å²) in [7, 11) is 0. The van der Waals surface area contributed by atoms with Crippen LogP contribution in [0.2, 0.25) is 0 Å². The van der Waals surface area contributed by atoms with E-state index in [1.807, 2.05) is 20.8 Å². The fraction of sp³-hybridized carbons (Fsp3) is 0.733. The first kappa shape index (κ1) is 28.8. The van der Waals surface area contributed by atoms with Crippen molar-refractivity contribution >= 4 is 23.3 Å². The third kappa shape index (κ3) is 3.74. The molecular weight excluding hydrogens is 488 g/mol. The Hall–Kier alpha value is -2.16. The minimum atomic E-state index is -1.78. The molecule has 8 nitrogen and oxygen atoms in total. The van der Waals surface area contributed by atoms with E-state index in [9.17, 15) is 34.5 Å². The first-order valence-corrected chi connectivity index (χ1v) is 13.6. The summed E-state index contributed by atoms with van der Waals surface area (Å²) in [5, 5.41) is 43.1. The predicted octanol–water partition coefficient (Wildman–Crippen LogP) is 3.17. The maximum Gasteiger partial charge on any atom is 0.306 e. The zero-order valence-corrected chi connectivity index (χ0v) is 23.6. The number of hydrogen-bond acceptors (Lipinski definition) is 7. The molecule has 4 rings (SSSR count). The molecule has 38 heavy (non-hydrogen) atoms. The monoisotopic (exact) mass is 530 g/mol. The Morgan fingerprint density at radius 3 is 2.32 bits per heavy atom. The second kappa shape index (κ2) is 8.67. The van der Waals surface area contributed by atoms with E-state index in [0.717, 1.165) is 0 Å². The molecule has 8 heteroatoms. The summed E-state index contributed by atoms with van der Waals surface area (Å²) in [5.74, 6) is -3.13. The molecule has 0 spiro atoms. The molecule has 0 amide bonds. The maximum absolute atomic E-state index is 14.1. The normalized spacial score (nSPS) is 40.5. The number of fused-ring (bicyclic) bond motifs is 4. The van der Waals surface area contributed by atoms with Gasteiger partial charge in [-0.1, -0.05) is 34.6 Å². The van der Waals surface area contributed by atoms with Gasteiger partial charge in [0, 0.05) is 30.3 Å². The minimum absolute atomic E-state index is 0.0617. The molecule has 4 aliphatic carbocycles. The van der Waals surface area contributed by atoms with Gasteiger partial charge in [-0.25, -0.2) is 0 Å². The summed E-state index contributed by atoms with van der Waals surface area (Å²) >= 11 is 0. The van der Waals surface area contributed by atoms with Crippen molar-refractivity contribution in [1.29, 1.82) is 0 Å². The van der Waals surface area contributed by atoms with Gasteiger partial charge in [-0.3, -0.25) is 19.2 Å². The second-order valence-electron chi connectivity index (χ2n) is 13.8. The standard InChI is InChI=1S/C30H42O8/c1-15(25(36)37)10-16(31)13-29(6,38)20-12-22(35)30(7)24-17(32)11-19-26(2,3)21(34)8-9-27(19,4)23(24)18(33)14-28(20,30)5/h12,15,17,19,21,32,34,38H,8-11,13-14H2,1-7H3,(H,36,37)/t15?,17-,19?,21-,27-,28+,29-,30-/m0/s1. The number of aliphatic hydroxyl groups is 3. The van der Waals surface area contributed by atoms with E-state index in [4.69, 9.17) is 5.11 Å². The topological polar surface area (TPSA) is 149 Å². The van der Waals surface area contributed by atoms with Gasteiger partial charge >= 0.3 is 5.97 Å². The number of carbonyl (C=O) groups is 4. The van der Waals surface area contributed by atoms with E-state index in [-0.39, 0.29) is 42.3 Å². The third-order valence-electron chi connectivity index (χ3n) is 11.0. The lowest BCUT2D eigenvalue weighted by Crippen LogP contribution is -2.61. The summed E-state index contributed by atoms with van der Waals surface area (Å²) in [5.41, 5.74) is -4.21. The molecule has 1 saturated carbocycles. The molecule has 0 saturated heterocycles. The van der Waals surface area contributed by atoms with Crippen LogP contribution in [0.15, 0.2) is 22.8 Å². The van der Waals surface area contributed by atoms with Gasteiger partial charge in [0.1, 0.15) is 5.78 Å². The molecule has 0 heterocycles. The van der Waals surface area contributed by atoms with Gasteiger partial charge in [0.25, 0.3) is 0 Å². The largest absolute Gasteiger partial charge is 0.481 e. The van der Waals surface area contributed by atoms with Crippen LogP contribution in [0, 0.1) is 33.5 Å². The van der Waals surface area contributed by atoms with Crippen molar-refractivity contribution in [2.24, 2.45) is 33.5 Å². The highest BCUT2D eigenvalue weighted by molar-refractivity contribution is 6.10. The lowest BCUT2D eigenvalue weighted by Gasteiger charge is -2.61. The first-order chi connectivity index (χ1) is 17.2. The number of carboxylic acid groups (broad SMARTS) is 1. The number of aliphatic carboxylic acids is 1. The van der Waals surface area contributed by atoms with Crippen LogP contribution >= 0.6 is 0 Å². The summed E-state index contributed by atoms with van der Waals surface area (Å²) in [6.07, 6.45) is 0.391. The van der Waals surface area contributed by atoms with Gasteiger partial charge in [0.2, 0.25) is 0 Å². The maximum atomic E-state index is 14.1. The summed E-state index contributed by atoms with van der Waals surface area (Å²) in [4.78, 5) is 51.8. The SMILES string of the molecule is CC(CC(=O)C[C@](C)(O)C1=CC(=O)[C@@]2(C)C3=C(C(=O)C[C@]12C)[C@@]1(C)CC[C@H](O)C(C)(C)C1C[C@@H]3O)C(=O)O. The number of allylic oxidation sites excluding steroid dienone is 2. The van der Waals surface area contributed by atoms with Crippen molar-refractivity contribution in [3.8, 4) is 0 Å². The number of hydrogen-bond donors (Lipinski definition) is 4. The van der Waals surface area contributed by atoms with E-state index < -0.39 is 57.1 Å². The van der Waals surface area contributed by atoms with Gasteiger partial charge in [-0.15, -0.1) is 0 Å². The predicted molar refractivity (Wildman–Crippen MR) is 139 cm³/mol. The number of carbonyl (C=O) groups excluding carboxylic acids is 3. The van der Waals surface area contributed by atoms with Crippen LogP contribution in [0.25, 0.3) is 0 Å². The van der Waals surface area contributed by atoms with Crippen molar-refractivity contribution in [3.63, 3.8) is 0 Å². The molecule has 0 aromatic carbocycles. The van der Waals surface area contributed by atoms with Crippen molar-refractivity contribution < 1.29 is 39.6 Å². The molecule has 4 N–H and O–H groups in total. The van der Waals surface area contributed by atoms with Crippen LogP contribution in [0.3, 0.4) is 0 Å². The summed E-state index contributed by atoms with van der Waals surface area (Å²) in [6, 6.07) is 0. The Balaban J connectivity index is 1.79. The number of Topliss-reactive ketones (excluding diaryl/α,β-unsaturated/α-hetero) is 2. The average molecular weight is 531 g/mol. The Labute approximate surface area is 224 Å². The van der Waals surface area contributed by atoms with Crippen LogP contribution in [0.5, 0.6) is 0 Å². The molecule has 8 atom stereocenters. The highest BCUT2D eigenvalue weighted by Gasteiger charge is 2.69. The quantitative estimate of drug-likeness (QED) is 0.409. The Morgan fingerprint density at radius 1 is 1.13 bits per heavy atom. The molecule has 0 aliphatic heterocycles. The number of aliphatic hydroxyl groups excluding tert-OH is 2.